The summed E-state index contributed by atoms with van der Waals surface area (Å²) in [6.07, 6.45) is 1.85. The van der Waals surface area contributed by atoms with Crippen molar-refractivity contribution in [1.82, 2.24) is 0 Å². The fourth-order valence-electron chi connectivity index (χ4n) is 3.77. The van der Waals surface area contributed by atoms with Crippen LogP contribution in [0.2, 0.25) is 0 Å². The Morgan fingerprint density at radius 3 is 2.07 bits per heavy atom. The minimum absolute atomic E-state index is 0.0683. The lowest BCUT2D eigenvalue weighted by atomic mass is 10.0. The average molecular weight is 425 g/mol. The maximum Gasteiger partial charge on any atom is 0.337 e. The Balaban J connectivity index is 1.81. The van der Waals surface area contributed by atoms with Crippen molar-refractivity contribution in [2.75, 3.05) is 18.9 Å². The predicted molar refractivity (Wildman–Crippen MR) is 111 cm³/mol. The highest BCUT2D eigenvalue weighted by Gasteiger charge is 2.23. The van der Waals surface area contributed by atoms with Crippen LogP contribution in [0.5, 0.6) is 0 Å². The SMILES string of the molecule is COC(=O)c1cc(C(=O)OC)cc(S(=O)(=O)Nc2ccc3c4c(cccc24)CC3)c1. The van der Waals surface area contributed by atoms with E-state index in [9.17, 15) is 18.0 Å². The molecule has 1 aliphatic rings. The van der Waals surface area contributed by atoms with Crippen molar-refractivity contribution in [3.8, 4) is 0 Å². The van der Waals surface area contributed by atoms with Crippen molar-refractivity contribution in [3.63, 3.8) is 0 Å². The highest BCUT2D eigenvalue weighted by Crippen LogP contribution is 2.36. The number of aryl methyl sites for hydroxylation is 2. The second kappa shape index (κ2) is 7.46. The summed E-state index contributed by atoms with van der Waals surface area (Å²) in [7, 11) is -1.76. The van der Waals surface area contributed by atoms with Crippen molar-refractivity contribution < 1.29 is 27.5 Å². The molecule has 0 spiro atoms. The van der Waals surface area contributed by atoms with E-state index in [0.717, 1.165) is 23.6 Å². The number of anilines is 1. The molecule has 154 valence electrons. The second-order valence-electron chi connectivity index (χ2n) is 6.95. The lowest BCUT2D eigenvalue weighted by Gasteiger charge is -2.13. The molecule has 0 fully saturated rings. The summed E-state index contributed by atoms with van der Waals surface area (Å²) < 4.78 is 38.2. The van der Waals surface area contributed by atoms with Gasteiger partial charge in [0, 0.05) is 5.39 Å². The number of esters is 2. The Kier molecular flexibility index (Phi) is 4.95. The number of carbonyl (C=O) groups is 2. The zero-order valence-corrected chi connectivity index (χ0v) is 17.2. The van der Waals surface area contributed by atoms with Crippen molar-refractivity contribution >= 4 is 38.4 Å². The van der Waals surface area contributed by atoms with E-state index in [-0.39, 0.29) is 16.0 Å². The number of ether oxygens (including phenoxy) is 2. The summed E-state index contributed by atoms with van der Waals surface area (Å²) in [5.74, 6) is -1.52. The third-order valence-corrected chi connectivity index (χ3v) is 6.53. The smallest absolute Gasteiger partial charge is 0.337 e. The first-order chi connectivity index (χ1) is 14.3. The molecule has 1 N–H and O–H groups in total. The van der Waals surface area contributed by atoms with Gasteiger partial charge in [-0.15, -0.1) is 0 Å². The molecule has 0 saturated carbocycles. The van der Waals surface area contributed by atoms with Crippen LogP contribution in [0.3, 0.4) is 0 Å². The molecule has 0 bridgehead atoms. The first-order valence-corrected chi connectivity index (χ1v) is 10.7. The Morgan fingerprint density at radius 1 is 0.867 bits per heavy atom. The van der Waals surface area contributed by atoms with Crippen LogP contribution in [-0.2, 0) is 32.3 Å². The largest absolute Gasteiger partial charge is 0.465 e. The number of methoxy groups -OCH3 is 2. The summed E-state index contributed by atoms with van der Waals surface area (Å²) in [6.45, 7) is 0. The van der Waals surface area contributed by atoms with Crippen LogP contribution in [0.15, 0.2) is 53.4 Å². The van der Waals surface area contributed by atoms with Crippen molar-refractivity contribution in [2.45, 2.75) is 17.7 Å². The zero-order valence-electron chi connectivity index (χ0n) is 16.4. The molecular weight excluding hydrogens is 406 g/mol. The molecule has 0 atom stereocenters. The van der Waals surface area contributed by atoms with E-state index in [1.165, 1.54) is 43.5 Å². The molecule has 3 aromatic carbocycles. The zero-order chi connectivity index (χ0) is 21.5. The molecular formula is C22H19NO6S. The van der Waals surface area contributed by atoms with E-state index in [2.05, 4.69) is 14.2 Å². The van der Waals surface area contributed by atoms with Crippen molar-refractivity contribution in [1.29, 1.82) is 0 Å². The molecule has 3 aromatic rings. The molecule has 0 heterocycles. The lowest BCUT2D eigenvalue weighted by Crippen LogP contribution is -2.16. The highest BCUT2D eigenvalue weighted by atomic mass is 32.2. The van der Waals surface area contributed by atoms with Gasteiger partial charge < -0.3 is 9.47 Å². The normalized spacial score (nSPS) is 12.6. The molecule has 8 heteroatoms. The standard InChI is InChI=1S/C22H19NO6S/c1-28-21(24)15-10-16(22(25)29-2)12-17(11-15)30(26,27)23-19-9-8-14-7-6-13-4-3-5-18(19)20(13)14/h3-5,8-12,23H,6-7H2,1-2H3. The summed E-state index contributed by atoms with van der Waals surface area (Å²) >= 11 is 0. The van der Waals surface area contributed by atoms with Gasteiger partial charge in [-0.05, 0) is 53.6 Å². The Labute approximate surface area is 173 Å². The van der Waals surface area contributed by atoms with Gasteiger partial charge >= 0.3 is 11.9 Å². The molecule has 0 amide bonds. The first kappa shape index (κ1) is 19.9. The quantitative estimate of drug-likeness (QED) is 0.630. The summed E-state index contributed by atoms with van der Waals surface area (Å²) in [4.78, 5) is 23.7. The summed E-state index contributed by atoms with van der Waals surface area (Å²) in [6, 6.07) is 13.0. The Hall–Kier alpha value is -3.39. The predicted octanol–water partition coefficient (Wildman–Crippen LogP) is 3.31. The molecule has 4 rings (SSSR count). The van der Waals surface area contributed by atoms with Gasteiger partial charge in [0.25, 0.3) is 10.0 Å². The molecule has 0 radical (unpaired) electrons. The molecule has 0 aromatic heterocycles. The van der Waals surface area contributed by atoms with Gasteiger partial charge in [-0.2, -0.15) is 0 Å². The van der Waals surface area contributed by atoms with E-state index >= 15 is 0 Å². The van der Waals surface area contributed by atoms with E-state index in [1.54, 1.807) is 6.07 Å². The molecule has 0 saturated heterocycles. The van der Waals surface area contributed by atoms with E-state index in [0.29, 0.717) is 5.69 Å². The van der Waals surface area contributed by atoms with Crippen LogP contribution in [-0.4, -0.2) is 34.6 Å². The monoisotopic (exact) mass is 425 g/mol. The fraction of sp³-hybridized carbons (Fsp3) is 0.182. The minimum Gasteiger partial charge on any atom is -0.465 e. The number of carbonyl (C=O) groups excluding carboxylic acids is 2. The Bertz CT molecular complexity index is 1250. The summed E-state index contributed by atoms with van der Waals surface area (Å²) in [5, 5.41) is 1.87. The van der Waals surface area contributed by atoms with Gasteiger partial charge in [0.05, 0.1) is 35.9 Å². The number of benzene rings is 3. The number of hydrogen-bond donors (Lipinski definition) is 1. The maximum absolute atomic E-state index is 13.1. The van der Waals surface area contributed by atoms with E-state index in [1.807, 2.05) is 24.3 Å². The summed E-state index contributed by atoms with van der Waals surface area (Å²) in [5.41, 5.74) is 2.66. The minimum atomic E-state index is -4.10. The first-order valence-electron chi connectivity index (χ1n) is 9.22. The van der Waals surface area contributed by atoms with Crippen LogP contribution in [0.1, 0.15) is 31.8 Å². The number of sulfonamides is 1. The van der Waals surface area contributed by atoms with Crippen LogP contribution >= 0.6 is 0 Å². The van der Waals surface area contributed by atoms with Gasteiger partial charge in [-0.1, -0.05) is 24.3 Å². The molecule has 7 nitrogen and oxygen atoms in total. The van der Waals surface area contributed by atoms with Crippen molar-refractivity contribution in [2.24, 2.45) is 0 Å². The third kappa shape index (κ3) is 3.39. The second-order valence-corrected chi connectivity index (χ2v) is 8.63. The fourth-order valence-corrected chi connectivity index (χ4v) is 4.91. The van der Waals surface area contributed by atoms with Crippen LogP contribution in [0.25, 0.3) is 10.8 Å². The van der Waals surface area contributed by atoms with Crippen LogP contribution < -0.4 is 4.72 Å². The van der Waals surface area contributed by atoms with E-state index < -0.39 is 22.0 Å². The number of nitrogens with one attached hydrogen (secondary N) is 1. The Morgan fingerprint density at radius 2 is 1.47 bits per heavy atom. The third-order valence-electron chi connectivity index (χ3n) is 5.18. The number of hydrogen-bond acceptors (Lipinski definition) is 6. The highest BCUT2D eigenvalue weighted by molar-refractivity contribution is 7.92. The lowest BCUT2D eigenvalue weighted by molar-refractivity contribution is 0.0598. The van der Waals surface area contributed by atoms with Crippen molar-refractivity contribution in [3.05, 3.63) is 70.8 Å². The van der Waals surface area contributed by atoms with Gasteiger partial charge in [0.15, 0.2) is 0 Å². The van der Waals surface area contributed by atoms with Gasteiger partial charge in [0.1, 0.15) is 0 Å². The maximum atomic E-state index is 13.1. The molecule has 0 aliphatic heterocycles. The molecule has 0 unspecified atom stereocenters. The number of rotatable bonds is 5. The van der Waals surface area contributed by atoms with Gasteiger partial charge in [-0.25, -0.2) is 18.0 Å². The van der Waals surface area contributed by atoms with E-state index in [4.69, 9.17) is 0 Å². The van der Waals surface area contributed by atoms with Crippen LogP contribution in [0.4, 0.5) is 5.69 Å². The van der Waals surface area contributed by atoms with Gasteiger partial charge in [0.2, 0.25) is 0 Å². The van der Waals surface area contributed by atoms with Crippen LogP contribution in [0, 0.1) is 0 Å². The van der Waals surface area contributed by atoms with Gasteiger partial charge in [-0.3, -0.25) is 4.72 Å². The molecule has 30 heavy (non-hydrogen) atoms. The average Bonchev–Trinajstić information content (AvgIpc) is 3.18. The topological polar surface area (TPSA) is 98.8 Å². The molecule has 1 aliphatic carbocycles.